The Kier molecular flexibility index (Phi) is 4.15. The second-order valence-corrected chi connectivity index (χ2v) is 5.80. The average Bonchev–Trinajstić information content (AvgIpc) is 3.01. The van der Waals surface area contributed by atoms with Gasteiger partial charge < -0.3 is 9.88 Å². The minimum atomic E-state index is -0.395. The smallest absolute Gasteiger partial charge is 0.244 e. The summed E-state index contributed by atoms with van der Waals surface area (Å²) in [6.45, 7) is 0.0642. The molecule has 5 nitrogen and oxygen atoms in total. The van der Waals surface area contributed by atoms with Crippen LogP contribution >= 0.6 is 0 Å². The first-order valence-corrected chi connectivity index (χ1v) is 8.12. The first-order chi connectivity index (χ1) is 12.7. The van der Waals surface area contributed by atoms with Crippen LogP contribution in [0.5, 0.6) is 0 Å². The molecule has 0 saturated heterocycles. The number of hydrogen-bond donors (Lipinski definition) is 1. The maximum Gasteiger partial charge on any atom is 0.244 e. The molecule has 26 heavy (non-hydrogen) atoms. The van der Waals surface area contributed by atoms with E-state index < -0.39 is 5.82 Å². The Hall–Kier alpha value is -3.54. The lowest BCUT2D eigenvalue weighted by molar-refractivity contribution is -0.116. The van der Waals surface area contributed by atoms with Crippen LogP contribution in [-0.4, -0.2) is 20.4 Å². The van der Waals surface area contributed by atoms with E-state index in [0.29, 0.717) is 11.5 Å². The number of para-hydroxylation sites is 2. The highest BCUT2D eigenvalue weighted by Crippen LogP contribution is 2.24. The number of aromatic nitrogens is 3. The number of amides is 1. The number of pyridine rings is 1. The van der Waals surface area contributed by atoms with Gasteiger partial charge in [-0.05, 0) is 42.5 Å². The topological polar surface area (TPSA) is 59.8 Å². The lowest BCUT2D eigenvalue weighted by Crippen LogP contribution is -2.19. The third-order valence-corrected chi connectivity index (χ3v) is 4.00. The molecule has 128 valence electrons. The van der Waals surface area contributed by atoms with Crippen molar-refractivity contribution >= 4 is 22.6 Å². The molecule has 6 heteroatoms. The molecule has 0 aliphatic rings. The second-order valence-electron chi connectivity index (χ2n) is 5.80. The summed E-state index contributed by atoms with van der Waals surface area (Å²) in [4.78, 5) is 21.2. The molecule has 4 rings (SSSR count). The molecule has 2 aromatic heterocycles. The zero-order valence-corrected chi connectivity index (χ0v) is 13.8. The first-order valence-electron chi connectivity index (χ1n) is 8.12. The molecule has 1 N–H and O–H groups in total. The van der Waals surface area contributed by atoms with Crippen molar-refractivity contribution in [1.82, 2.24) is 14.5 Å². The molecule has 0 atom stereocenters. The Morgan fingerprint density at radius 2 is 1.85 bits per heavy atom. The van der Waals surface area contributed by atoms with Crippen molar-refractivity contribution in [2.75, 3.05) is 5.32 Å². The number of imidazole rings is 1. The molecule has 0 unspecified atom stereocenters. The van der Waals surface area contributed by atoms with Crippen LogP contribution in [0.4, 0.5) is 10.1 Å². The third kappa shape index (κ3) is 3.17. The fourth-order valence-electron chi connectivity index (χ4n) is 2.87. The summed E-state index contributed by atoms with van der Waals surface area (Å²) < 4.78 is 15.2. The van der Waals surface area contributed by atoms with E-state index in [4.69, 9.17) is 0 Å². The van der Waals surface area contributed by atoms with E-state index >= 15 is 0 Å². The Balaban J connectivity index is 1.70. The summed E-state index contributed by atoms with van der Waals surface area (Å²) >= 11 is 0. The van der Waals surface area contributed by atoms with Gasteiger partial charge in [0, 0.05) is 23.6 Å². The molecule has 0 bridgehead atoms. The molecular formula is C20H15FN4O. The molecular weight excluding hydrogens is 331 g/mol. The van der Waals surface area contributed by atoms with E-state index in [0.717, 1.165) is 16.6 Å². The standard InChI is InChI=1S/C20H15FN4O/c21-15-4-3-5-16(12-15)23-19(26)13-25-18-7-2-1-6-17(18)24-20(25)14-8-10-22-11-9-14/h1-12H,13H2,(H,23,26). The molecule has 0 aliphatic heterocycles. The summed E-state index contributed by atoms with van der Waals surface area (Å²) in [5, 5.41) is 2.72. The van der Waals surface area contributed by atoms with Crippen molar-refractivity contribution in [3.05, 3.63) is 78.9 Å². The molecule has 0 fully saturated rings. The van der Waals surface area contributed by atoms with E-state index in [1.165, 1.54) is 12.1 Å². The summed E-state index contributed by atoms with van der Waals surface area (Å²) in [7, 11) is 0. The van der Waals surface area contributed by atoms with Crippen LogP contribution in [0.25, 0.3) is 22.4 Å². The minimum absolute atomic E-state index is 0.0642. The predicted octanol–water partition coefficient (Wildman–Crippen LogP) is 3.88. The highest BCUT2D eigenvalue weighted by Gasteiger charge is 2.15. The van der Waals surface area contributed by atoms with Gasteiger partial charge in [0.1, 0.15) is 18.2 Å². The van der Waals surface area contributed by atoms with E-state index in [1.54, 1.807) is 24.5 Å². The van der Waals surface area contributed by atoms with Gasteiger partial charge in [0.2, 0.25) is 5.91 Å². The molecule has 0 aliphatic carbocycles. The van der Waals surface area contributed by atoms with Crippen LogP contribution in [0.1, 0.15) is 0 Å². The largest absolute Gasteiger partial charge is 0.324 e. The highest BCUT2D eigenvalue weighted by molar-refractivity contribution is 5.92. The zero-order valence-electron chi connectivity index (χ0n) is 13.8. The van der Waals surface area contributed by atoms with Gasteiger partial charge >= 0.3 is 0 Å². The van der Waals surface area contributed by atoms with Crippen molar-refractivity contribution in [3.8, 4) is 11.4 Å². The Labute approximate surface area is 149 Å². The van der Waals surface area contributed by atoms with Gasteiger partial charge in [-0.25, -0.2) is 9.37 Å². The number of benzene rings is 2. The summed E-state index contributed by atoms with van der Waals surface area (Å²) in [5.41, 5.74) is 2.95. The van der Waals surface area contributed by atoms with E-state index in [9.17, 15) is 9.18 Å². The number of carbonyl (C=O) groups is 1. The maximum atomic E-state index is 13.3. The van der Waals surface area contributed by atoms with Gasteiger partial charge in [-0.15, -0.1) is 0 Å². The van der Waals surface area contributed by atoms with Gasteiger partial charge in [0.25, 0.3) is 0 Å². The van der Waals surface area contributed by atoms with Crippen LogP contribution in [0, 0.1) is 5.82 Å². The Bertz CT molecular complexity index is 1080. The van der Waals surface area contributed by atoms with Crippen LogP contribution < -0.4 is 5.32 Å². The van der Waals surface area contributed by atoms with Crippen LogP contribution in [0.3, 0.4) is 0 Å². The highest BCUT2D eigenvalue weighted by atomic mass is 19.1. The summed E-state index contributed by atoms with van der Waals surface area (Å²) in [6, 6.07) is 17.2. The molecule has 0 saturated carbocycles. The average molecular weight is 346 g/mol. The number of rotatable bonds is 4. The number of hydrogen-bond acceptors (Lipinski definition) is 3. The second kappa shape index (κ2) is 6.76. The Morgan fingerprint density at radius 3 is 2.65 bits per heavy atom. The maximum absolute atomic E-state index is 13.3. The van der Waals surface area contributed by atoms with Crippen LogP contribution in [-0.2, 0) is 11.3 Å². The molecule has 0 radical (unpaired) electrons. The Morgan fingerprint density at radius 1 is 1.04 bits per heavy atom. The quantitative estimate of drug-likeness (QED) is 0.610. The fraction of sp³-hybridized carbons (Fsp3) is 0.0500. The number of carbonyl (C=O) groups excluding carboxylic acids is 1. The number of halogens is 1. The summed E-state index contributed by atoms with van der Waals surface area (Å²) in [5.74, 6) is 0.0328. The number of anilines is 1. The zero-order chi connectivity index (χ0) is 17.9. The first kappa shape index (κ1) is 16.0. The van der Waals surface area contributed by atoms with Crippen LogP contribution in [0.15, 0.2) is 73.1 Å². The van der Waals surface area contributed by atoms with E-state index in [2.05, 4.69) is 15.3 Å². The van der Waals surface area contributed by atoms with Crippen molar-refractivity contribution in [2.24, 2.45) is 0 Å². The third-order valence-electron chi connectivity index (χ3n) is 4.00. The number of nitrogens with zero attached hydrogens (tertiary/aromatic N) is 3. The predicted molar refractivity (Wildman–Crippen MR) is 98.0 cm³/mol. The SMILES string of the molecule is O=C(Cn1c(-c2ccncc2)nc2ccccc21)Nc1cccc(F)c1. The normalized spacial score (nSPS) is 10.8. The molecule has 0 spiro atoms. The van der Waals surface area contributed by atoms with E-state index in [-0.39, 0.29) is 12.5 Å². The minimum Gasteiger partial charge on any atom is -0.324 e. The van der Waals surface area contributed by atoms with Gasteiger partial charge in [-0.1, -0.05) is 18.2 Å². The van der Waals surface area contributed by atoms with Crippen molar-refractivity contribution in [1.29, 1.82) is 0 Å². The fourth-order valence-corrected chi connectivity index (χ4v) is 2.87. The molecule has 1 amide bonds. The lowest BCUT2D eigenvalue weighted by atomic mass is 10.2. The van der Waals surface area contributed by atoms with Gasteiger partial charge in [0.05, 0.1) is 11.0 Å². The molecule has 4 aromatic rings. The van der Waals surface area contributed by atoms with Crippen molar-refractivity contribution in [2.45, 2.75) is 6.54 Å². The lowest BCUT2D eigenvalue weighted by Gasteiger charge is -2.10. The van der Waals surface area contributed by atoms with Crippen molar-refractivity contribution < 1.29 is 9.18 Å². The van der Waals surface area contributed by atoms with Crippen LogP contribution in [0.2, 0.25) is 0 Å². The van der Waals surface area contributed by atoms with Gasteiger partial charge in [-0.2, -0.15) is 0 Å². The van der Waals surface area contributed by atoms with Gasteiger partial charge in [-0.3, -0.25) is 9.78 Å². The number of fused-ring (bicyclic) bond motifs is 1. The number of nitrogens with one attached hydrogen (secondary N) is 1. The molecule has 2 heterocycles. The monoisotopic (exact) mass is 346 g/mol. The van der Waals surface area contributed by atoms with E-state index in [1.807, 2.05) is 41.0 Å². The summed E-state index contributed by atoms with van der Waals surface area (Å²) in [6.07, 6.45) is 3.37. The van der Waals surface area contributed by atoms with Crippen molar-refractivity contribution in [3.63, 3.8) is 0 Å². The molecule has 2 aromatic carbocycles. The van der Waals surface area contributed by atoms with Gasteiger partial charge in [0.15, 0.2) is 0 Å².